The van der Waals surface area contributed by atoms with Gasteiger partial charge in [0.1, 0.15) is 13.2 Å². The molecule has 0 N–H and O–H groups in total. The summed E-state index contributed by atoms with van der Waals surface area (Å²) in [4.78, 5) is 38.2. The molecule has 0 unspecified atom stereocenters. The molecule has 0 rings (SSSR count). The van der Waals surface area contributed by atoms with Gasteiger partial charge in [0.2, 0.25) is 0 Å². The van der Waals surface area contributed by atoms with Crippen LogP contribution in [0, 0.1) is 0 Å². The Hall–Kier alpha value is -2.63. The van der Waals surface area contributed by atoms with E-state index >= 15 is 0 Å². The third kappa shape index (κ3) is 54.3. The molecule has 0 atom stereocenters. The number of hydrogen-bond acceptors (Lipinski definition) is 6. The highest BCUT2D eigenvalue weighted by Crippen LogP contribution is 2.16. The summed E-state index contributed by atoms with van der Waals surface area (Å²) in [5, 5.41) is 0. The Labute approximate surface area is 422 Å². The van der Waals surface area contributed by atoms with Crippen molar-refractivity contribution in [1.29, 1.82) is 0 Å². The Morgan fingerprint density at radius 2 is 0.529 bits per heavy atom. The van der Waals surface area contributed by atoms with Gasteiger partial charge in [0.15, 0.2) is 6.10 Å². The molecule has 6 nitrogen and oxygen atoms in total. The van der Waals surface area contributed by atoms with Crippen molar-refractivity contribution in [3.8, 4) is 0 Å². The zero-order valence-corrected chi connectivity index (χ0v) is 45.4. The normalized spacial score (nSPS) is 11.9. The van der Waals surface area contributed by atoms with Gasteiger partial charge < -0.3 is 14.2 Å². The lowest BCUT2D eigenvalue weighted by molar-refractivity contribution is -0.167. The van der Waals surface area contributed by atoms with E-state index in [1.807, 2.05) is 0 Å². The minimum atomic E-state index is -0.774. The first-order valence-electron chi connectivity index (χ1n) is 29.6. The molecule has 0 radical (unpaired) electrons. The van der Waals surface area contributed by atoms with E-state index in [4.69, 9.17) is 14.2 Å². The zero-order chi connectivity index (χ0) is 49.3. The van der Waals surface area contributed by atoms with E-state index in [9.17, 15) is 14.4 Å². The van der Waals surface area contributed by atoms with Gasteiger partial charge in [-0.15, -0.1) is 0 Å². The molecule has 0 aliphatic heterocycles. The van der Waals surface area contributed by atoms with E-state index in [2.05, 4.69) is 69.4 Å². The highest BCUT2D eigenvalue weighted by atomic mass is 16.6. The Morgan fingerprint density at radius 3 is 0.838 bits per heavy atom. The van der Waals surface area contributed by atoms with Crippen molar-refractivity contribution < 1.29 is 28.6 Å². The van der Waals surface area contributed by atoms with Crippen molar-refractivity contribution in [2.24, 2.45) is 0 Å². The molecule has 0 saturated carbocycles. The average Bonchev–Trinajstić information content (AvgIpc) is 3.34. The summed E-state index contributed by atoms with van der Waals surface area (Å²) in [5.41, 5.74) is 0. The number of allylic oxidation sites excluding steroid dienone is 8. The minimum absolute atomic E-state index is 0.0736. The Bertz CT molecular complexity index is 1120. The van der Waals surface area contributed by atoms with E-state index < -0.39 is 6.10 Å². The Balaban J connectivity index is 4.31. The predicted octanol–water partition coefficient (Wildman–Crippen LogP) is 19.8. The molecule has 0 spiro atoms. The van der Waals surface area contributed by atoms with Crippen LogP contribution in [-0.2, 0) is 28.6 Å². The van der Waals surface area contributed by atoms with E-state index in [-0.39, 0.29) is 31.1 Å². The highest BCUT2D eigenvalue weighted by Gasteiger charge is 2.19. The number of unbranched alkanes of at least 4 members (excludes halogenated alkanes) is 35. The molecular weight excluding hydrogens is 841 g/mol. The van der Waals surface area contributed by atoms with Gasteiger partial charge in [0.25, 0.3) is 0 Å². The van der Waals surface area contributed by atoms with Gasteiger partial charge in [-0.05, 0) is 83.5 Å². The fourth-order valence-corrected chi connectivity index (χ4v) is 8.56. The standard InChI is InChI=1S/C62H112O6/c1-4-7-10-13-16-19-22-25-27-29-31-33-35-37-40-42-45-48-51-54-60(63)66-57-59(68-62(65)56-53-50-47-44-39-24-21-18-15-12-9-6-3)58-67-61(64)55-52-49-46-43-41-38-36-34-32-30-28-26-23-20-17-14-11-8-5-2/h16-17,19-20,25-28,59H,4-15,18,21-24,29-58H2,1-3H3/b19-16-,20-17-,27-25-,28-26-. The maximum absolute atomic E-state index is 12.8. The predicted molar refractivity (Wildman–Crippen MR) is 293 cm³/mol. The first kappa shape index (κ1) is 65.4. The number of carbonyl (C=O) groups excluding carboxylic acids is 3. The maximum Gasteiger partial charge on any atom is 0.306 e. The van der Waals surface area contributed by atoms with Gasteiger partial charge in [-0.25, -0.2) is 0 Å². The van der Waals surface area contributed by atoms with Crippen molar-refractivity contribution in [3.63, 3.8) is 0 Å². The van der Waals surface area contributed by atoms with Crippen LogP contribution >= 0.6 is 0 Å². The van der Waals surface area contributed by atoms with Crippen molar-refractivity contribution in [1.82, 2.24) is 0 Å². The van der Waals surface area contributed by atoms with E-state index in [1.165, 1.54) is 199 Å². The topological polar surface area (TPSA) is 78.9 Å². The summed E-state index contributed by atoms with van der Waals surface area (Å²) in [6, 6.07) is 0. The van der Waals surface area contributed by atoms with E-state index in [0.717, 1.165) is 70.6 Å². The Kier molecular flexibility index (Phi) is 54.8. The molecule has 0 amide bonds. The van der Waals surface area contributed by atoms with Crippen molar-refractivity contribution in [2.45, 2.75) is 316 Å². The van der Waals surface area contributed by atoms with Crippen molar-refractivity contribution in [2.75, 3.05) is 13.2 Å². The number of esters is 3. The third-order valence-electron chi connectivity index (χ3n) is 13.1. The van der Waals surface area contributed by atoms with Gasteiger partial charge in [-0.1, -0.05) is 256 Å². The quantitative estimate of drug-likeness (QED) is 0.0262. The van der Waals surface area contributed by atoms with Crippen LogP contribution in [0.4, 0.5) is 0 Å². The minimum Gasteiger partial charge on any atom is -0.462 e. The molecule has 0 aliphatic carbocycles. The van der Waals surface area contributed by atoms with E-state index in [0.29, 0.717) is 19.3 Å². The van der Waals surface area contributed by atoms with Gasteiger partial charge >= 0.3 is 17.9 Å². The van der Waals surface area contributed by atoms with Crippen LogP contribution in [0.15, 0.2) is 48.6 Å². The van der Waals surface area contributed by atoms with Crippen molar-refractivity contribution in [3.05, 3.63) is 48.6 Å². The van der Waals surface area contributed by atoms with Crippen molar-refractivity contribution >= 4 is 17.9 Å². The molecule has 0 fully saturated rings. The molecule has 0 aromatic heterocycles. The molecular formula is C62H112O6. The van der Waals surface area contributed by atoms with Gasteiger partial charge in [-0.2, -0.15) is 0 Å². The van der Waals surface area contributed by atoms with Crippen LogP contribution < -0.4 is 0 Å². The monoisotopic (exact) mass is 953 g/mol. The first-order chi connectivity index (χ1) is 33.5. The number of rotatable bonds is 54. The molecule has 0 aromatic rings. The van der Waals surface area contributed by atoms with Crippen LogP contribution in [0.5, 0.6) is 0 Å². The van der Waals surface area contributed by atoms with E-state index in [1.54, 1.807) is 0 Å². The largest absolute Gasteiger partial charge is 0.462 e. The number of hydrogen-bond donors (Lipinski definition) is 0. The lowest BCUT2D eigenvalue weighted by Gasteiger charge is -2.18. The van der Waals surface area contributed by atoms with Crippen LogP contribution in [-0.4, -0.2) is 37.2 Å². The summed E-state index contributed by atoms with van der Waals surface area (Å²) >= 11 is 0. The number of ether oxygens (including phenoxy) is 3. The fraction of sp³-hybridized carbons (Fsp3) is 0.823. The SMILES string of the molecule is CCCCC/C=C\C/C=C\CCCCCCCCCCCC(=O)OCC(COC(=O)CCCCCCCCCCC/C=C\C/C=C\CCCCC)OC(=O)CCCCCCCCCCCCCC. The second kappa shape index (κ2) is 57.0. The molecule has 0 heterocycles. The summed E-state index contributed by atoms with van der Waals surface area (Å²) in [6.07, 6.45) is 69.5. The first-order valence-corrected chi connectivity index (χ1v) is 29.6. The summed E-state index contributed by atoms with van der Waals surface area (Å²) in [5.74, 6) is -0.866. The molecule has 0 aliphatic rings. The van der Waals surface area contributed by atoms with Gasteiger partial charge in [0.05, 0.1) is 0 Å². The smallest absolute Gasteiger partial charge is 0.306 e. The molecule has 396 valence electrons. The summed E-state index contributed by atoms with van der Waals surface area (Å²) in [6.45, 7) is 6.62. The fourth-order valence-electron chi connectivity index (χ4n) is 8.56. The molecule has 0 aromatic carbocycles. The summed E-state index contributed by atoms with van der Waals surface area (Å²) in [7, 11) is 0. The van der Waals surface area contributed by atoms with Crippen LogP contribution in [0.25, 0.3) is 0 Å². The van der Waals surface area contributed by atoms with Crippen LogP contribution in [0.1, 0.15) is 310 Å². The zero-order valence-electron chi connectivity index (χ0n) is 45.4. The van der Waals surface area contributed by atoms with Crippen LogP contribution in [0.3, 0.4) is 0 Å². The lowest BCUT2D eigenvalue weighted by Crippen LogP contribution is -2.30. The molecule has 0 bridgehead atoms. The highest BCUT2D eigenvalue weighted by molar-refractivity contribution is 5.71. The summed E-state index contributed by atoms with van der Waals surface area (Å²) < 4.78 is 16.9. The second-order valence-electron chi connectivity index (χ2n) is 19.9. The van der Waals surface area contributed by atoms with Gasteiger partial charge in [-0.3, -0.25) is 14.4 Å². The lowest BCUT2D eigenvalue weighted by atomic mass is 10.0. The number of carbonyl (C=O) groups is 3. The average molecular weight is 954 g/mol. The second-order valence-corrected chi connectivity index (χ2v) is 19.9. The van der Waals surface area contributed by atoms with Crippen LogP contribution in [0.2, 0.25) is 0 Å². The molecule has 0 saturated heterocycles. The maximum atomic E-state index is 12.8. The third-order valence-corrected chi connectivity index (χ3v) is 13.1. The van der Waals surface area contributed by atoms with Gasteiger partial charge in [0, 0.05) is 19.3 Å². The molecule has 6 heteroatoms. The molecule has 68 heavy (non-hydrogen) atoms. The Morgan fingerprint density at radius 1 is 0.294 bits per heavy atom.